The molecule has 0 heterocycles. The van der Waals surface area contributed by atoms with Crippen LogP contribution in [0.2, 0.25) is 5.02 Å². The first-order valence-electron chi connectivity index (χ1n) is 9.16. The van der Waals surface area contributed by atoms with Crippen LogP contribution in [0.4, 0.5) is 5.69 Å². The predicted octanol–water partition coefficient (Wildman–Crippen LogP) is 4.82. The van der Waals surface area contributed by atoms with Gasteiger partial charge in [0.05, 0.1) is 19.3 Å². The SMILES string of the molecule is CCOc1ccc([C@H](C)N[C@H](C)C(=O)Nc2ccc(Cl)cc2)cc1OCC. The van der Waals surface area contributed by atoms with Crippen LogP contribution in [0.5, 0.6) is 11.5 Å². The van der Waals surface area contributed by atoms with Crippen LogP contribution in [0.1, 0.15) is 39.3 Å². The molecule has 2 atom stereocenters. The number of nitrogens with one attached hydrogen (secondary N) is 2. The Morgan fingerprint density at radius 2 is 1.63 bits per heavy atom. The molecule has 146 valence electrons. The third-order valence-electron chi connectivity index (χ3n) is 4.07. The van der Waals surface area contributed by atoms with Gasteiger partial charge in [-0.25, -0.2) is 0 Å². The number of hydrogen-bond acceptors (Lipinski definition) is 4. The Balaban J connectivity index is 2.02. The second-order valence-electron chi connectivity index (χ2n) is 6.18. The van der Waals surface area contributed by atoms with Crippen LogP contribution < -0.4 is 20.1 Å². The number of rotatable bonds is 9. The van der Waals surface area contributed by atoms with E-state index in [1.807, 2.05) is 45.9 Å². The van der Waals surface area contributed by atoms with Crippen molar-refractivity contribution in [1.29, 1.82) is 0 Å². The van der Waals surface area contributed by atoms with Crippen molar-refractivity contribution in [3.63, 3.8) is 0 Å². The molecule has 2 aromatic carbocycles. The zero-order valence-electron chi connectivity index (χ0n) is 16.2. The lowest BCUT2D eigenvalue weighted by Gasteiger charge is -2.21. The van der Waals surface area contributed by atoms with E-state index in [1.54, 1.807) is 24.3 Å². The summed E-state index contributed by atoms with van der Waals surface area (Å²) in [5.74, 6) is 1.33. The van der Waals surface area contributed by atoms with E-state index in [1.165, 1.54) is 0 Å². The molecule has 2 N–H and O–H groups in total. The minimum Gasteiger partial charge on any atom is -0.490 e. The van der Waals surface area contributed by atoms with E-state index in [9.17, 15) is 4.79 Å². The van der Waals surface area contributed by atoms with Crippen LogP contribution in [0, 0.1) is 0 Å². The number of benzene rings is 2. The Bertz CT molecular complexity index is 750. The molecule has 0 aliphatic heterocycles. The largest absolute Gasteiger partial charge is 0.490 e. The number of ether oxygens (including phenoxy) is 2. The van der Waals surface area contributed by atoms with Gasteiger partial charge in [-0.05, 0) is 69.7 Å². The van der Waals surface area contributed by atoms with Gasteiger partial charge in [0.1, 0.15) is 0 Å². The zero-order valence-corrected chi connectivity index (χ0v) is 17.0. The van der Waals surface area contributed by atoms with Crippen LogP contribution in [0.3, 0.4) is 0 Å². The Labute approximate surface area is 166 Å². The first-order chi connectivity index (χ1) is 12.9. The zero-order chi connectivity index (χ0) is 19.8. The number of carbonyl (C=O) groups is 1. The Hall–Kier alpha value is -2.24. The third-order valence-corrected chi connectivity index (χ3v) is 4.32. The maximum absolute atomic E-state index is 12.4. The Kier molecular flexibility index (Phi) is 7.95. The molecule has 0 saturated heterocycles. The van der Waals surface area contributed by atoms with Gasteiger partial charge in [0.25, 0.3) is 0 Å². The van der Waals surface area contributed by atoms with Crippen molar-refractivity contribution in [1.82, 2.24) is 5.32 Å². The molecule has 0 aliphatic carbocycles. The molecule has 6 heteroatoms. The van der Waals surface area contributed by atoms with Crippen LogP contribution in [-0.4, -0.2) is 25.2 Å². The van der Waals surface area contributed by atoms with Crippen LogP contribution in [0.25, 0.3) is 0 Å². The molecule has 0 aliphatic rings. The number of amides is 1. The summed E-state index contributed by atoms with van der Waals surface area (Å²) in [7, 11) is 0. The fourth-order valence-electron chi connectivity index (χ4n) is 2.67. The van der Waals surface area contributed by atoms with Gasteiger partial charge in [-0.15, -0.1) is 0 Å². The smallest absolute Gasteiger partial charge is 0.241 e. The number of halogens is 1. The van der Waals surface area contributed by atoms with Crippen molar-refractivity contribution in [2.45, 2.75) is 39.8 Å². The maximum Gasteiger partial charge on any atom is 0.241 e. The van der Waals surface area contributed by atoms with Gasteiger partial charge in [-0.1, -0.05) is 17.7 Å². The molecule has 0 saturated carbocycles. The first kappa shape index (κ1) is 21.1. The van der Waals surface area contributed by atoms with E-state index in [0.29, 0.717) is 29.7 Å². The summed E-state index contributed by atoms with van der Waals surface area (Å²) in [5, 5.41) is 6.83. The molecule has 27 heavy (non-hydrogen) atoms. The lowest BCUT2D eigenvalue weighted by molar-refractivity contribution is -0.117. The summed E-state index contributed by atoms with van der Waals surface area (Å²) in [6.07, 6.45) is 0. The average molecular weight is 391 g/mol. The molecule has 0 fully saturated rings. The van der Waals surface area contributed by atoms with Crippen molar-refractivity contribution in [3.05, 3.63) is 53.1 Å². The normalized spacial score (nSPS) is 12.9. The number of anilines is 1. The highest BCUT2D eigenvalue weighted by Gasteiger charge is 2.18. The summed E-state index contributed by atoms with van der Waals surface area (Å²) in [4.78, 5) is 12.4. The fraction of sp³-hybridized carbons (Fsp3) is 0.381. The first-order valence-corrected chi connectivity index (χ1v) is 9.54. The second-order valence-corrected chi connectivity index (χ2v) is 6.61. The van der Waals surface area contributed by atoms with Crippen molar-refractivity contribution in [2.24, 2.45) is 0 Å². The highest BCUT2D eigenvalue weighted by Crippen LogP contribution is 2.30. The molecule has 0 radical (unpaired) electrons. The third kappa shape index (κ3) is 6.15. The molecule has 5 nitrogen and oxygen atoms in total. The van der Waals surface area contributed by atoms with Gasteiger partial charge in [0, 0.05) is 16.8 Å². The molecule has 1 amide bonds. The number of hydrogen-bond donors (Lipinski definition) is 2. The second kappa shape index (κ2) is 10.2. The highest BCUT2D eigenvalue weighted by atomic mass is 35.5. The molecule has 0 aromatic heterocycles. The van der Waals surface area contributed by atoms with Gasteiger partial charge in [0.2, 0.25) is 5.91 Å². The quantitative estimate of drug-likeness (QED) is 0.644. The maximum atomic E-state index is 12.4. The average Bonchev–Trinajstić information content (AvgIpc) is 2.65. The standard InChI is InChI=1S/C21H27ClN2O3/c1-5-26-19-12-7-16(13-20(19)27-6-2)14(3)23-15(4)21(25)24-18-10-8-17(22)9-11-18/h7-15,23H,5-6H2,1-4H3,(H,24,25)/t14-,15+/m0/s1. The van der Waals surface area contributed by atoms with Crippen molar-refractivity contribution in [2.75, 3.05) is 18.5 Å². The van der Waals surface area contributed by atoms with Crippen molar-refractivity contribution < 1.29 is 14.3 Å². The molecular formula is C21H27ClN2O3. The van der Waals surface area contributed by atoms with E-state index in [4.69, 9.17) is 21.1 Å². The van der Waals surface area contributed by atoms with Gasteiger partial charge < -0.3 is 14.8 Å². The highest BCUT2D eigenvalue weighted by molar-refractivity contribution is 6.30. The van der Waals surface area contributed by atoms with E-state index in [0.717, 1.165) is 11.3 Å². The van der Waals surface area contributed by atoms with E-state index < -0.39 is 0 Å². The molecular weight excluding hydrogens is 364 g/mol. The monoisotopic (exact) mass is 390 g/mol. The van der Waals surface area contributed by atoms with Gasteiger partial charge in [0.15, 0.2) is 11.5 Å². The minimum absolute atomic E-state index is 0.0362. The molecule has 2 rings (SSSR count). The van der Waals surface area contributed by atoms with Crippen LogP contribution >= 0.6 is 11.6 Å². The minimum atomic E-state index is -0.377. The van der Waals surface area contributed by atoms with Gasteiger partial charge >= 0.3 is 0 Å². The van der Waals surface area contributed by atoms with E-state index >= 15 is 0 Å². The van der Waals surface area contributed by atoms with Gasteiger partial charge in [-0.3, -0.25) is 10.1 Å². The van der Waals surface area contributed by atoms with Crippen LogP contribution in [-0.2, 0) is 4.79 Å². The van der Waals surface area contributed by atoms with Gasteiger partial charge in [-0.2, -0.15) is 0 Å². The fourth-order valence-corrected chi connectivity index (χ4v) is 2.79. The topological polar surface area (TPSA) is 59.6 Å². The molecule has 0 bridgehead atoms. The summed E-state index contributed by atoms with van der Waals surface area (Å²) >= 11 is 5.87. The lowest BCUT2D eigenvalue weighted by atomic mass is 10.1. The predicted molar refractivity (Wildman–Crippen MR) is 110 cm³/mol. The lowest BCUT2D eigenvalue weighted by Crippen LogP contribution is -2.39. The summed E-state index contributed by atoms with van der Waals surface area (Å²) < 4.78 is 11.3. The van der Waals surface area contributed by atoms with E-state index in [-0.39, 0.29) is 18.0 Å². The van der Waals surface area contributed by atoms with Crippen LogP contribution in [0.15, 0.2) is 42.5 Å². The molecule has 0 unspecified atom stereocenters. The summed E-state index contributed by atoms with van der Waals surface area (Å²) in [6.45, 7) is 8.86. The van der Waals surface area contributed by atoms with Crippen molar-refractivity contribution in [3.8, 4) is 11.5 Å². The number of carbonyl (C=O) groups excluding carboxylic acids is 1. The Morgan fingerprint density at radius 3 is 2.26 bits per heavy atom. The summed E-state index contributed by atoms with van der Waals surface area (Å²) in [5.41, 5.74) is 1.73. The molecule has 2 aromatic rings. The molecule has 0 spiro atoms. The van der Waals surface area contributed by atoms with E-state index in [2.05, 4.69) is 10.6 Å². The Morgan fingerprint density at radius 1 is 1.00 bits per heavy atom. The summed E-state index contributed by atoms with van der Waals surface area (Å²) in [6, 6.07) is 12.5. The van der Waals surface area contributed by atoms with Crippen molar-refractivity contribution >= 4 is 23.2 Å².